The summed E-state index contributed by atoms with van der Waals surface area (Å²) in [6.07, 6.45) is 1.12. The van der Waals surface area contributed by atoms with Gasteiger partial charge in [0.05, 0.1) is 5.92 Å². The maximum Gasteiger partial charge on any atom is 0.316 e. The first kappa shape index (κ1) is 18.5. The predicted octanol–water partition coefficient (Wildman–Crippen LogP) is 4.81. The van der Waals surface area contributed by atoms with Gasteiger partial charge in [0.25, 0.3) is 0 Å². The van der Waals surface area contributed by atoms with Crippen molar-refractivity contribution in [2.24, 2.45) is 5.92 Å². The van der Waals surface area contributed by atoms with Gasteiger partial charge >= 0.3 is 5.97 Å². The Hall–Kier alpha value is -2.33. The summed E-state index contributed by atoms with van der Waals surface area (Å²) in [5, 5.41) is 0.609. The molecule has 2 aromatic carbocycles. The lowest BCUT2D eigenvalue weighted by Gasteiger charge is -2.18. The summed E-state index contributed by atoms with van der Waals surface area (Å²) in [5.74, 6) is -0.0164. The lowest BCUT2D eigenvalue weighted by atomic mass is 9.98. The number of anilines is 1. The molecule has 0 aliphatic carbocycles. The third kappa shape index (κ3) is 3.91. The molecule has 0 aromatic heterocycles. The molecule has 1 amide bonds. The maximum atomic E-state index is 12.6. The van der Waals surface area contributed by atoms with E-state index in [9.17, 15) is 9.59 Å². The largest absolute Gasteiger partial charge is 0.426 e. The average molecular weight is 372 g/mol. The van der Waals surface area contributed by atoms with Crippen LogP contribution in [0.3, 0.4) is 0 Å². The average Bonchev–Trinajstić information content (AvgIpc) is 3.04. The van der Waals surface area contributed by atoms with Crippen LogP contribution in [0.2, 0.25) is 5.02 Å². The third-order valence-corrected chi connectivity index (χ3v) is 5.12. The van der Waals surface area contributed by atoms with Gasteiger partial charge in [-0.1, -0.05) is 43.6 Å². The minimum atomic E-state index is -0.469. The molecule has 1 aliphatic rings. The fraction of sp³-hybridized carbons (Fsp3) is 0.333. The van der Waals surface area contributed by atoms with Gasteiger partial charge in [-0.2, -0.15) is 0 Å². The van der Waals surface area contributed by atoms with Gasteiger partial charge in [0, 0.05) is 23.7 Å². The smallest absolute Gasteiger partial charge is 0.316 e. The Kier molecular flexibility index (Phi) is 5.62. The van der Waals surface area contributed by atoms with E-state index in [-0.39, 0.29) is 18.3 Å². The number of carbonyl (C=O) groups is 2. The van der Waals surface area contributed by atoms with Crippen LogP contribution in [0.15, 0.2) is 48.5 Å². The Balaban J connectivity index is 1.72. The molecule has 0 spiro atoms. The van der Waals surface area contributed by atoms with Crippen molar-refractivity contribution in [3.8, 4) is 5.75 Å². The minimum absolute atomic E-state index is 0.0792. The molecule has 0 N–H and O–H groups in total. The number of para-hydroxylation sites is 1. The molecule has 1 saturated heterocycles. The summed E-state index contributed by atoms with van der Waals surface area (Å²) < 4.78 is 5.67. The number of esters is 1. The highest BCUT2D eigenvalue weighted by Crippen LogP contribution is 2.31. The number of ether oxygens (including phenoxy) is 1. The number of nitrogens with zero attached hydrogens (tertiary/aromatic N) is 1. The van der Waals surface area contributed by atoms with Crippen molar-refractivity contribution in [1.82, 2.24) is 0 Å². The first-order valence-electron chi connectivity index (χ1n) is 8.86. The van der Waals surface area contributed by atoms with Gasteiger partial charge in [0.15, 0.2) is 0 Å². The van der Waals surface area contributed by atoms with Crippen LogP contribution in [-0.2, 0) is 9.59 Å². The summed E-state index contributed by atoms with van der Waals surface area (Å²) in [5.41, 5.74) is 1.76. The van der Waals surface area contributed by atoms with Crippen LogP contribution in [-0.4, -0.2) is 18.4 Å². The molecule has 5 heteroatoms. The van der Waals surface area contributed by atoms with Gasteiger partial charge in [0.1, 0.15) is 5.75 Å². The molecular formula is C21H22ClNO3. The molecule has 3 rings (SSSR count). The van der Waals surface area contributed by atoms with Crippen molar-refractivity contribution in [3.05, 3.63) is 59.1 Å². The lowest BCUT2D eigenvalue weighted by molar-refractivity contribution is -0.139. The molecule has 0 bridgehead atoms. The van der Waals surface area contributed by atoms with Gasteiger partial charge < -0.3 is 9.64 Å². The molecule has 0 saturated carbocycles. The predicted molar refractivity (Wildman–Crippen MR) is 103 cm³/mol. The Labute approximate surface area is 158 Å². The van der Waals surface area contributed by atoms with Crippen LogP contribution in [0.4, 0.5) is 5.69 Å². The number of amides is 1. The molecular weight excluding hydrogens is 350 g/mol. The second-order valence-electron chi connectivity index (χ2n) is 6.65. The summed E-state index contributed by atoms with van der Waals surface area (Å²) in [6.45, 7) is 4.53. The monoisotopic (exact) mass is 371 g/mol. The summed E-state index contributed by atoms with van der Waals surface area (Å²) in [4.78, 5) is 26.6. The van der Waals surface area contributed by atoms with E-state index in [1.807, 2.05) is 24.3 Å². The Morgan fingerprint density at radius 3 is 2.62 bits per heavy atom. The minimum Gasteiger partial charge on any atom is -0.426 e. The SMILES string of the molecule is CC[C@H](C)c1ccccc1OC(=O)[C@@H]1CC(=O)N(c2ccc(Cl)cc2)C1. The zero-order valence-electron chi connectivity index (χ0n) is 14.9. The Morgan fingerprint density at radius 2 is 1.92 bits per heavy atom. The molecule has 136 valence electrons. The van der Waals surface area contributed by atoms with Gasteiger partial charge in [-0.25, -0.2) is 0 Å². The number of hydrogen-bond donors (Lipinski definition) is 0. The highest BCUT2D eigenvalue weighted by molar-refractivity contribution is 6.30. The zero-order chi connectivity index (χ0) is 18.7. The molecule has 1 heterocycles. The second-order valence-corrected chi connectivity index (χ2v) is 7.09. The maximum absolute atomic E-state index is 12.6. The van der Waals surface area contributed by atoms with E-state index in [1.165, 1.54) is 0 Å². The second kappa shape index (κ2) is 7.92. The standard InChI is InChI=1S/C21H22ClNO3/c1-3-14(2)18-6-4-5-7-19(18)26-21(25)15-12-20(24)23(13-15)17-10-8-16(22)9-11-17/h4-11,14-15H,3,12-13H2,1-2H3/t14-,15+/m0/s1. The fourth-order valence-electron chi connectivity index (χ4n) is 3.13. The third-order valence-electron chi connectivity index (χ3n) is 4.87. The molecule has 1 fully saturated rings. The van der Waals surface area contributed by atoms with E-state index >= 15 is 0 Å². The highest BCUT2D eigenvalue weighted by Gasteiger charge is 2.36. The number of benzene rings is 2. The Morgan fingerprint density at radius 1 is 1.23 bits per heavy atom. The number of halogens is 1. The first-order chi connectivity index (χ1) is 12.5. The van der Waals surface area contributed by atoms with Gasteiger partial charge in [0.2, 0.25) is 5.91 Å². The normalized spacial score (nSPS) is 18.0. The van der Waals surface area contributed by atoms with Crippen LogP contribution in [0, 0.1) is 5.92 Å². The van der Waals surface area contributed by atoms with Gasteiger partial charge in [-0.15, -0.1) is 0 Å². The van der Waals surface area contributed by atoms with Crippen molar-refractivity contribution in [1.29, 1.82) is 0 Å². The highest BCUT2D eigenvalue weighted by atomic mass is 35.5. The lowest BCUT2D eigenvalue weighted by Crippen LogP contribution is -2.27. The number of hydrogen-bond acceptors (Lipinski definition) is 3. The van der Waals surface area contributed by atoms with Gasteiger partial charge in [-0.05, 0) is 48.2 Å². The molecule has 2 aromatic rings. The van der Waals surface area contributed by atoms with Crippen molar-refractivity contribution >= 4 is 29.2 Å². The van der Waals surface area contributed by atoms with E-state index in [0.29, 0.717) is 23.2 Å². The van der Waals surface area contributed by atoms with E-state index in [0.717, 1.165) is 17.7 Å². The van der Waals surface area contributed by atoms with Crippen molar-refractivity contribution < 1.29 is 14.3 Å². The van der Waals surface area contributed by atoms with Crippen molar-refractivity contribution in [3.63, 3.8) is 0 Å². The summed E-state index contributed by atoms with van der Waals surface area (Å²) >= 11 is 5.90. The zero-order valence-corrected chi connectivity index (χ0v) is 15.7. The quantitative estimate of drug-likeness (QED) is 0.559. The van der Waals surface area contributed by atoms with Crippen molar-refractivity contribution in [2.45, 2.75) is 32.6 Å². The van der Waals surface area contributed by atoms with E-state index in [1.54, 1.807) is 29.2 Å². The summed E-state index contributed by atoms with van der Waals surface area (Å²) in [6, 6.07) is 14.6. The van der Waals surface area contributed by atoms with Crippen LogP contribution >= 0.6 is 11.6 Å². The van der Waals surface area contributed by atoms with E-state index in [4.69, 9.17) is 16.3 Å². The number of carbonyl (C=O) groups excluding carboxylic acids is 2. The molecule has 26 heavy (non-hydrogen) atoms. The van der Waals surface area contributed by atoms with E-state index < -0.39 is 5.92 Å². The van der Waals surface area contributed by atoms with E-state index in [2.05, 4.69) is 13.8 Å². The molecule has 0 radical (unpaired) electrons. The molecule has 2 atom stereocenters. The van der Waals surface area contributed by atoms with Crippen LogP contribution < -0.4 is 9.64 Å². The van der Waals surface area contributed by atoms with Crippen LogP contribution in [0.1, 0.15) is 38.2 Å². The van der Waals surface area contributed by atoms with Gasteiger partial charge in [-0.3, -0.25) is 9.59 Å². The summed E-state index contributed by atoms with van der Waals surface area (Å²) in [7, 11) is 0. The number of rotatable bonds is 5. The topological polar surface area (TPSA) is 46.6 Å². The van der Waals surface area contributed by atoms with Crippen LogP contribution in [0.25, 0.3) is 0 Å². The molecule has 0 unspecified atom stereocenters. The molecule has 1 aliphatic heterocycles. The molecule has 4 nitrogen and oxygen atoms in total. The Bertz CT molecular complexity index is 803. The first-order valence-corrected chi connectivity index (χ1v) is 9.24. The van der Waals surface area contributed by atoms with Crippen LogP contribution in [0.5, 0.6) is 5.75 Å². The fourth-order valence-corrected chi connectivity index (χ4v) is 3.25. The van der Waals surface area contributed by atoms with Crippen molar-refractivity contribution in [2.75, 3.05) is 11.4 Å².